The normalized spacial score (nSPS) is 15.3. The minimum absolute atomic E-state index is 0.0371. The highest BCUT2D eigenvalue weighted by Crippen LogP contribution is 2.38. The topological polar surface area (TPSA) is 230 Å². The van der Waals surface area contributed by atoms with Crippen LogP contribution in [0.15, 0.2) is 62.4 Å². The van der Waals surface area contributed by atoms with Gasteiger partial charge in [-0.25, -0.2) is 4.79 Å². The Labute approximate surface area is 421 Å². The summed E-state index contributed by atoms with van der Waals surface area (Å²) in [4.78, 5) is 56.7. The van der Waals surface area contributed by atoms with Crippen molar-refractivity contribution < 1.29 is 52.0 Å². The van der Waals surface area contributed by atoms with E-state index in [4.69, 9.17) is 103 Å². The second-order valence-electron chi connectivity index (χ2n) is 16.4. The second kappa shape index (κ2) is 27.4. The average molecular weight is 1070 g/mol. The van der Waals surface area contributed by atoms with Gasteiger partial charge in [0.15, 0.2) is 12.2 Å². The molecular weight excluding hydrogens is 1010 g/mol. The maximum Gasteiger partial charge on any atom is 0.442 e. The molecule has 1 saturated heterocycles. The third-order valence-electron chi connectivity index (χ3n) is 9.55. The van der Waals surface area contributed by atoms with E-state index in [-0.39, 0.29) is 59.8 Å². The molecule has 23 heteroatoms. The molecule has 5 rings (SSSR count). The lowest BCUT2D eigenvalue weighted by molar-refractivity contribution is -0.144. The van der Waals surface area contributed by atoms with Crippen molar-refractivity contribution in [2.75, 3.05) is 50.6 Å². The lowest BCUT2D eigenvalue weighted by Crippen LogP contribution is -2.45. The molecule has 68 heavy (non-hydrogen) atoms. The number of carbonyl (C=O) groups is 3. The Balaban J connectivity index is 0.000000319. The number of benzene rings is 2. The van der Waals surface area contributed by atoms with E-state index in [0.29, 0.717) is 29.6 Å². The van der Waals surface area contributed by atoms with Crippen molar-refractivity contribution in [1.29, 1.82) is 0 Å². The number of para-hydroxylation sites is 1. The molecule has 3 heterocycles. The van der Waals surface area contributed by atoms with Gasteiger partial charge in [-0.3, -0.25) is 23.8 Å². The summed E-state index contributed by atoms with van der Waals surface area (Å²) >= 11 is 29.1. The van der Waals surface area contributed by atoms with Crippen LogP contribution < -0.4 is 21.1 Å². The first-order chi connectivity index (χ1) is 31.7. The van der Waals surface area contributed by atoms with E-state index in [9.17, 15) is 23.7 Å². The number of amides is 2. The van der Waals surface area contributed by atoms with Crippen molar-refractivity contribution >= 4 is 88.8 Å². The Kier molecular flexibility index (Phi) is 24.2. The van der Waals surface area contributed by atoms with E-state index in [1.807, 2.05) is 45.0 Å². The van der Waals surface area contributed by atoms with Crippen molar-refractivity contribution in [1.82, 2.24) is 14.7 Å². The summed E-state index contributed by atoms with van der Waals surface area (Å²) in [5, 5.41) is 13.0. The molecule has 4 aromatic rings. The van der Waals surface area contributed by atoms with Crippen LogP contribution in [0, 0.1) is 12.3 Å². The Morgan fingerprint density at radius 1 is 1.10 bits per heavy atom. The molecule has 0 saturated carbocycles. The fourth-order valence-electron chi connectivity index (χ4n) is 6.10. The van der Waals surface area contributed by atoms with Crippen LogP contribution in [0.4, 0.5) is 5.69 Å². The maximum absolute atomic E-state index is 12.0. The standard InChI is InChI=1S/C15H14Cl2N2O3.C14H20ClNO2.C11H13Cl2NO3.C5H12NO4P/c1-5-6-21-12-8-11(9(16)7-10(12)17)19-14(20)22-13(18-19)15(2,3)4;1-4-11-7-6-8-12(5-2)14(11)16(10-18-3)13(17)9-15;1-11(2)14(10(15)9(12)13)6-8(17-11)7-4-3-5-16-7;1-11(9,10)3-2-4(6)5(7)8/h1,7-8H,6H2,2-4H3;6-8H,4-5,9-10H2,1-3H3;3-5,8-9H,6H2,1-2H3;4H,2-3,6H2,1H3,(H,7,8)(H,9,10). The number of aromatic nitrogens is 2. The number of hydrogen-bond donors (Lipinski definition) is 3. The predicted molar refractivity (Wildman–Crippen MR) is 265 cm³/mol. The van der Waals surface area contributed by atoms with Gasteiger partial charge in [-0.2, -0.15) is 4.68 Å². The Hall–Kier alpha value is -4.05. The highest BCUT2D eigenvalue weighted by Gasteiger charge is 2.45. The van der Waals surface area contributed by atoms with Crippen LogP contribution in [0.1, 0.15) is 83.8 Å². The molecule has 2 aromatic carbocycles. The van der Waals surface area contributed by atoms with Gasteiger partial charge in [-0.05, 0) is 62.4 Å². The third kappa shape index (κ3) is 18.0. The average Bonchev–Trinajstić information content (AvgIpc) is 4.03. The molecule has 0 radical (unpaired) electrons. The number of furan rings is 1. The number of carboxylic acid groups (broad SMARTS) is 1. The first kappa shape index (κ1) is 60.1. The van der Waals surface area contributed by atoms with Gasteiger partial charge in [0.05, 0.1) is 34.2 Å². The van der Waals surface area contributed by atoms with E-state index in [2.05, 4.69) is 24.9 Å². The van der Waals surface area contributed by atoms with Gasteiger partial charge in [0.1, 0.15) is 48.6 Å². The van der Waals surface area contributed by atoms with Crippen molar-refractivity contribution in [3.63, 3.8) is 0 Å². The van der Waals surface area contributed by atoms with E-state index >= 15 is 0 Å². The van der Waals surface area contributed by atoms with Gasteiger partial charge in [-0.1, -0.05) is 105 Å². The predicted octanol–water partition coefficient (Wildman–Crippen LogP) is 8.84. The number of carbonyl (C=O) groups excluding carboxylic acids is 2. The zero-order valence-corrected chi connectivity index (χ0v) is 43.9. The number of nitrogens with two attached hydrogens (primary N) is 1. The fraction of sp³-hybridized carbons (Fsp3) is 0.489. The number of anilines is 1. The SMILES string of the molecule is C#CCOc1cc(-n2nc(C(C)(C)C)oc2=O)c(Cl)cc1Cl.CC1(C)OC(c2ccco2)CN1C(=O)C(Cl)Cl.CCc1cccc(CC)c1N(COC)C(=O)CCl.CP(=O)(O)CCC(N)C(=O)O. The molecular formula is C45H59Cl5N5O12P. The summed E-state index contributed by atoms with van der Waals surface area (Å²) in [6.45, 7) is 15.2. The van der Waals surface area contributed by atoms with E-state index in [1.54, 1.807) is 38.2 Å². The van der Waals surface area contributed by atoms with Crippen LogP contribution >= 0.6 is 65.4 Å². The molecule has 17 nitrogen and oxygen atoms in total. The molecule has 0 spiro atoms. The Bertz CT molecular complexity index is 2400. The monoisotopic (exact) mass is 1070 g/mol. The highest BCUT2D eigenvalue weighted by atomic mass is 35.5. The third-order valence-corrected chi connectivity index (χ3v) is 11.8. The van der Waals surface area contributed by atoms with Crippen LogP contribution in [-0.4, -0.2) is 105 Å². The Morgan fingerprint density at radius 3 is 2.18 bits per heavy atom. The summed E-state index contributed by atoms with van der Waals surface area (Å²) in [7, 11) is -1.52. The van der Waals surface area contributed by atoms with Gasteiger partial charge in [-0.15, -0.1) is 23.1 Å². The number of ether oxygens (including phenoxy) is 3. The minimum Gasteiger partial charge on any atom is -0.480 e. The smallest absolute Gasteiger partial charge is 0.442 e. The summed E-state index contributed by atoms with van der Waals surface area (Å²) in [6, 6.07) is 11.6. The summed E-state index contributed by atoms with van der Waals surface area (Å²) in [5.74, 6) is 1.33. The summed E-state index contributed by atoms with van der Waals surface area (Å²) in [6.07, 6.45) is 8.19. The van der Waals surface area contributed by atoms with Gasteiger partial charge >= 0.3 is 11.7 Å². The molecule has 3 unspecified atom stereocenters. The highest BCUT2D eigenvalue weighted by molar-refractivity contribution is 7.57. The summed E-state index contributed by atoms with van der Waals surface area (Å²) < 4.78 is 38.4. The van der Waals surface area contributed by atoms with Crippen LogP contribution in [0.3, 0.4) is 0 Å². The largest absolute Gasteiger partial charge is 0.480 e. The molecule has 0 aliphatic carbocycles. The quantitative estimate of drug-likeness (QED) is 0.0437. The fourth-order valence-corrected chi connectivity index (χ4v) is 7.76. The Morgan fingerprint density at radius 2 is 1.72 bits per heavy atom. The molecule has 2 aromatic heterocycles. The first-order valence-corrected chi connectivity index (χ1v) is 25.3. The van der Waals surface area contributed by atoms with Crippen molar-refractivity contribution in [2.45, 2.75) is 95.9 Å². The number of aliphatic carboxylic acids is 1. The van der Waals surface area contributed by atoms with Gasteiger partial charge in [0, 0.05) is 31.4 Å². The lowest BCUT2D eigenvalue weighted by atomic mass is 9.97. The summed E-state index contributed by atoms with van der Waals surface area (Å²) in [5.41, 5.74) is 7.49. The van der Waals surface area contributed by atoms with Crippen LogP contribution in [0.25, 0.3) is 5.69 Å². The molecule has 1 fully saturated rings. The number of halogens is 5. The van der Waals surface area contributed by atoms with E-state index in [0.717, 1.165) is 34.3 Å². The van der Waals surface area contributed by atoms with Crippen molar-refractivity contribution in [3.8, 4) is 23.8 Å². The number of rotatable bonds is 15. The van der Waals surface area contributed by atoms with Gasteiger partial charge < -0.3 is 43.7 Å². The molecule has 4 N–H and O–H groups in total. The van der Waals surface area contributed by atoms with Crippen molar-refractivity contribution in [3.05, 3.63) is 92.1 Å². The van der Waals surface area contributed by atoms with Crippen molar-refractivity contribution in [2.24, 2.45) is 5.73 Å². The van der Waals surface area contributed by atoms with E-state index in [1.165, 1.54) is 23.7 Å². The number of nitrogens with zero attached hydrogens (tertiary/aromatic N) is 4. The van der Waals surface area contributed by atoms with Gasteiger partial charge in [0.2, 0.25) is 11.8 Å². The molecule has 0 bridgehead atoms. The zero-order valence-electron chi connectivity index (χ0n) is 39.3. The van der Waals surface area contributed by atoms with E-state index < -0.39 is 41.1 Å². The van der Waals surface area contributed by atoms with Crippen LogP contribution in [-0.2, 0) is 46.7 Å². The first-order valence-electron chi connectivity index (χ1n) is 20.9. The number of carboxylic acids is 1. The molecule has 1 aliphatic rings. The molecule has 1 aliphatic heterocycles. The molecule has 2 amide bonds. The van der Waals surface area contributed by atoms with Crippen LogP contribution in [0.5, 0.6) is 5.75 Å². The number of hydrogen-bond acceptors (Lipinski definition) is 12. The molecule has 3 atom stereocenters. The number of methoxy groups -OCH3 is 1. The number of terminal acetylenes is 1. The molecule has 376 valence electrons. The van der Waals surface area contributed by atoms with Gasteiger partial charge in [0.25, 0.3) is 5.91 Å². The number of alkyl halides is 3. The zero-order chi connectivity index (χ0) is 51.7. The maximum atomic E-state index is 12.0. The lowest BCUT2D eigenvalue weighted by Gasteiger charge is -2.29. The second-order valence-corrected chi connectivity index (χ2v) is 21.1. The minimum atomic E-state index is -3.10. The van der Waals surface area contributed by atoms with Crippen LogP contribution in [0.2, 0.25) is 10.0 Å². The number of aryl methyl sites for hydroxylation is 2.